The first-order chi connectivity index (χ1) is 5.36. The highest BCUT2D eigenvalue weighted by molar-refractivity contribution is 6.01. The van der Waals surface area contributed by atoms with Crippen molar-refractivity contribution in [2.45, 2.75) is 0 Å². The minimum Gasteiger partial charge on any atom is -0.363 e. The van der Waals surface area contributed by atoms with Gasteiger partial charge in [-0.1, -0.05) is 5.16 Å². The number of hydrogen-bond donors (Lipinski definition) is 0. The summed E-state index contributed by atoms with van der Waals surface area (Å²) >= 11 is 0. The van der Waals surface area contributed by atoms with Gasteiger partial charge >= 0.3 is 0 Å². The molecule has 1 aliphatic heterocycles. The zero-order valence-electron chi connectivity index (χ0n) is 5.60. The third-order valence-electron chi connectivity index (χ3n) is 1.37. The molecular formula is C6H5N3O2. The molecule has 1 amide bonds. The molecule has 2 rings (SSSR count). The monoisotopic (exact) mass is 151 g/mol. The van der Waals surface area contributed by atoms with Gasteiger partial charge in [-0.05, 0) is 0 Å². The standard InChI is InChI=1S/C6H5N3O2/c10-6-3-9(4-7-6)5-1-2-11-8-5/h1-2,4H,3H2. The molecule has 0 spiro atoms. The third-order valence-corrected chi connectivity index (χ3v) is 1.37. The summed E-state index contributed by atoms with van der Waals surface area (Å²) in [6.07, 6.45) is 2.89. The van der Waals surface area contributed by atoms with E-state index in [4.69, 9.17) is 0 Å². The largest absolute Gasteiger partial charge is 0.363 e. The van der Waals surface area contributed by atoms with Gasteiger partial charge in [0.2, 0.25) is 0 Å². The van der Waals surface area contributed by atoms with Gasteiger partial charge in [-0.15, -0.1) is 0 Å². The fourth-order valence-corrected chi connectivity index (χ4v) is 0.856. The van der Waals surface area contributed by atoms with Crippen LogP contribution >= 0.6 is 0 Å². The van der Waals surface area contributed by atoms with Gasteiger partial charge in [0.25, 0.3) is 5.91 Å². The van der Waals surface area contributed by atoms with Crippen LogP contribution in [0.3, 0.4) is 0 Å². The van der Waals surface area contributed by atoms with E-state index < -0.39 is 0 Å². The summed E-state index contributed by atoms with van der Waals surface area (Å²) in [4.78, 5) is 15.8. The van der Waals surface area contributed by atoms with Crippen LogP contribution in [-0.4, -0.2) is 23.9 Å². The Hall–Kier alpha value is -1.65. The van der Waals surface area contributed by atoms with E-state index in [0.29, 0.717) is 5.82 Å². The van der Waals surface area contributed by atoms with E-state index in [1.165, 1.54) is 12.6 Å². The molecule has 0 N–H and O–H groups in total. The summed E-state index contributed by atoms with van der Waals surface area (Å²) in [5.74, 6) is 0.451. The van der Waals surface area contributed by atoms with Crippen molar-refractivity contribution in [3.8, 4) is 0 Å². The molecule has 0 unspecified atom stereocenters. The van der Waals surface area contributed by atoms with Gasteiger partial charge in [-0.3, -0.25) is 4.79 Å². The van der Waals surface area contributed by atoms with Crippen molar-refractivity contribution in [1.29, 1.82) is 0 Å². The van der Waals surface area contributed by atoms with Crippen LogP contribution in [0.1, 0.15) is 0 Å². The van der Waals surface area contributed by atoms with Crippen molar-refractivity contribution in [3.05, 3.63) is 12.3 Å². The van der Waals surface area contributed by atoms with E-state index in [2.05, 4.69) is 14.7 Å². The molecule has 11 heavy (non-hydrogen) atoms. The molecule has 0 saturated carbocycles. The van der Waals surface area contributed by atoms with Gasteiger partial charge in [0.1, 0.15) is 19.1 Å². The van der Waals surface area contributed by atoms with E-state index in [1.54, 1.807) is 11.0 Å². The maximum Gasteiger partial charge on any atom is 0.267 e. The molecule has 5 nitrogen and oxygen atoms in total. The Labute approximate surface area is 62.3 Å². The molecule has 1 aromatic rings. The summed E-state index contributed by atoms with van der Waals surface area (Å²) in [6.45, 7) is 0.256. The number of carbonyl (C=O) groups is 1. The molecule has 0 saturated heterocycles. The van der Waals surface area contributed by atoms with E-state index in [9.17, 15) is 4.79 Å². The molecule has 0 aromatic carbocycles. The van der Waals surface area contributed by atoms with Crippen LogP contribution in [0.4, 0.5) is 5.82 Å². The normalized spacial score (nSPS) is 16.4. The van der Waals surface area contributed by atoms with Gasteiger partial charge in [-0.25, -0.2) is 4.99 Å². The molecule has 56 valence electrons. The first-order valence-electron chi connectivity index (χ1n) is 3.10. The van der Waals surface area contributed by atoms with E-state index in [-0.39, 0.29) is 12.5 Å². The van der Waals surface area contributed by atoms with E-state index in [0.717, 1.165) is 0 Å². The van der Waals surface area contributed by atoms with Crippen molar-refractivity contribution >= 4 is 18.1 Å². The lowest BCUT2D eigenvalue weighted by Crippen LogP contribution is -2.20. The van der Waals surface area contributed by atoms with Crippen LogP contribution in [0.25, 0.3) is 0 Å². The molecule has 0 radical (unpaired) electrons. The number of carbonyl (C=O) groups excluding carboxylic acids is 1. The minimum atomic E-state index is -0.159. The van der Waals surface area contributed by atoms with Crippen molar-refractivity contribution in [1.82, 2.24) is 5.16 Å². The van der Waals surface area contributed by atoms with Crippen LogP contribution in [0.2, 0.25) is 0 Å². The molecule has 0 atom stereocenters. The summed E-state index contributed by atoms with van der Waals surface area (Å²) in [6, 6.07) is 1.67. The van der Waals surface area contributed by atoms with Gasteiger partial charge in [0, 0.05) is 6.07 Å². The molecule has 0 bridgehead atoms. The lowest BCUT2D eigenvalue weighted by Gasteiger charge is -2.05. The second-order valence-electron chi connectivity index (χ2n) is 2.12. The quantitative estimate of drug-likeness (QED) is 0.569. The number of hydrogen-bond acceptors (Lipinski definition) is 4. The Bertz CT molecular complexity index is 291. The zero-order valence-corrected chi connectivity index (χ0v) is 5.60. The first-order valence-corrected chi connectivity index (χ1v) is 3.10. The van der Waals surface area contributed by atoms with Crippen molar-refractivity contribution < 1.29 is 9.32 Å². The van der Waals surface area contributed by atoms with E-state index in [1.807, 2.05) is 0 Å². The number of rotatable bonds is 1. The highest BCUT2D eigenvalue weighted by Gasteiger charge is 2.16. The topological polar surface area (TPSA) is 58.7 Å². The molecule has 1 aromatic heterocycles. The Balaban J connectivity index is 2.21. The Morgan fingerprint density at radius 3 is 3.09 bits per heavy atom. The number of amides is 1. The fraction of sp³-hybridized carbons (Fsp3) is 0.167. The second kappa shape index (κ2) is 2.19. The summed E-state index contributed by atoms with van der Waals surface area (Å²) < 4.78 is 4.60. The van der Waals surface area contributed by atoms with E-state index >= 15 is 0 Å². The SMILES string of the molecule is O=C1CN(c2ccon2)C=N1. The summed E-state index contributed by atoms with van der Waals surface area (Å²) in [5.41, 5.74) is 0. The number of anilines is 1. The van der Waals surface area contributed by atoms with Crippen LogP contribution in [0.15, 0.2) is 21.8 Å². The lowest BCUT2D eigenvalue weighted by atomic mass is 10.5. The molecule has 5 heteroatoms. The first kappa shape index (κ1) is 6.09. The van der Waals surface area contributed by atoms with Crippen LogP contribution in [-0.2, 0) is 4.79 Å². The predicted molar refractivity (Wildman–Crippen MR) is 37.3 cm³/mol. The number of aromatic nitrogens is 1. The van der Waals surface area contributed by atoms with Crippen molar-refractivity contribution in [3.63, 3.8) is 0 Å². The smallest absolute Gasteiger partial charge is 0.267 e. The summed E-state index contributed by atoms with van der Waals surface area (Å²) in [5, 5.41) is 3.64. The highest BCUT2D eigenvalue weighted by atomic mass is 16.5. The van der Waals surface area contributed by atoms with Gasteiger partial charge in [-0.2, -0.15) is 0 Å². The summed E-state index contributed by atoms with van der Waals surface area (Å²) in [7, 11) is 0. The van der Waals surface area contributed by atoms with Gasteiger partial charge < -0.3 is 9.42 Å². The Morgan fingerprint density at radius 1 is 1.64 bits per heavy atom. The fourth-order valence-electron chi connectivity index (χ4n) is 0.856. The highest BCUT2D eigenvalue weighted by Crippen LogP contribution is 2.10. The van der Waals surface area contributed by atoms with Gasteiger partial charge in [0.05, 0.1) is 0 Å². The predicted octanol–water partition coefficient (Wildman–Crippen LogP) is 0.0495. The Kier molecular flexibility index (Phi) is 1.21. The molecular weight excluding hydrogens is 146 g/mol. The van der Waals surface area contributed by atoms with Gasteiger partial charge in [0.15, 0.2) is 5.82 Å². The van der Waals surface area contributed by atoms with Crippen molar-refractivity contribution in [2.24, 2.45) is 4.99 Å². The molecule has 2 heterocycles. The number of aliphatic imine (C=N–C) groups is 1. The van der Waals surface area contributed by atoms with Crippen LogP contribution < -0.4 is 4.90 Å². The molecule has 0 fully saturated rings. The zero-order chi connectivity index (χ0) is 7.68. The van der Waals surface area contributed by atoms with Crippen LogP contribution in [0.5, 0.6) is 0 Å². The van der Waals surface area contributed by atoms with Crippen LogP contribution in [0, 0.1) is 0 Å². The van der Waals surface area contributed by atoms with Crippen molar-refractivity contribution in [2.75, 3.05) is 11.4 Å². The second-order valence-corrected chi connectivity index (χ2v) is 2.12. The Morgan fingerprint density at radius 2 is 2.55 bits per heavy atom. The average molecular weight is 151 g/mol. The molecule has 1 aliphatic rings. The maximum absolute atomic E-state index is 10.7. The third kappa shape index (κ3) is 1.000. The lowest BCUT2D eigenvalue weighted by molar-refractivity contribution is -0.115. The maximum atomic E-state index is 10.7. The average Bonchev–Trinajstić information content (AvgIpc) is 2.55. The molecule has 0 aliphatic carbocycles. The number of nitrogens with zero attached hydrogens (tertiary/aromatic N) is 3. The minimum absolute atomic E-state index is 0.159.